The van der Waals surface area contributed by atoms with Crippen molar-refractivity contribution in [1.82, 2.24) is 24.3 Å². The molecule has 1 fully saturated rings. The number of hydrogen-bond acceptors (Lipinski definition) is 7. The number of rotatable bonds is 4. The number of halogens is 1. The van der Waals surface area contributed by atoms with Gasteiger partial charge < -0.3 is 9.42 Å². The molecule has 4 heterocycles. The number of fused-ring (bicyclic) bond motifs is 1. The van der Waals surface area contributed by atoms with Gasteiger partial charge in [-0.3, -0.25) is 18.9 Å². The quantitative estimate of drug-likeness (QED) is 0.486. The first-order chi connectivity index (χ1) is 15.1. The minimum Gasteiger partial charge on any atom is -0.355 e. The Balaban J connectivity index is 1.23. The highest BCUT2D eigenvalue weighted by Crippen LogP contribution is 2.24. The molecule has 1 amide bonds. The Morgan fingerprint density at radius 2 is 1.97 bits per heavy atom. The Morgan fingerprint density at radius 1 is 1.16 bits per heavy atom. The van der Waals surface area contributed by atoms with E-state index in [1.54, 1.807) is 35.4 Å². The number of aromatic nitrogens is 3. The van der Waals surface area contributed by atoms with Crippen LogP contribution >= 0.6 is 11.3 Å². The zero-order valence-electron chi connectivity index (χ0n) is 16.4. The molecule has 31 heavy (non-hydrogen) atoms. The molecule has 0 N–H and O–H groups in total. The van der Waals surface area contributed by atoms with E-state index in [0.29, 0.717) is 37.7 Å². The van der Waals surface area contributed by atoms with Crippen LogP contribution in [0.3, 0.4) is 0 Å². The van der Waals surface area contributed by atoms with Crippen LogP contribution in [0.15, 0.2) is 57.3 Å². The number of amides is 1. The summed E-state index contributed by atoms with van der Waals surface area (Å²) in [5.74, 6) is -0.455. The van der Waals surface area contributed by atoms with E-state index in [1.807, 2.05) is 5.38 Å². The molecule has 3 aromatic heterocycles. The van der Waals surface area contributed by atoms with Crippen molar-refractivity contribution < 1.29 is 13.7 Å². The fourth-order valence-corrected chi connectivity index (χ4v) is 4.37. The topological polar surface area (TPSA) is 84.0 Å². The highest BCUT2D eigenvalue weighted by Gasteiger charge is 2.25. The monoisotopic (exact) mass is 439 g/mol. The first-order valence-electron chi connectivity index (χ1n) is 9.77. The van der Waals surface area contributed by atoms with E-state index in [1.165, 1.54) is 27.9 Å². The van der Waals surface area contributed by atoms with E-state index in [9.17, 15) is 14.0 Å². The van der Waals surface area contributed by atoms with Crippen LogP contribution < -0.4 is 5.56 Å². The van der Waals surface area contributed by atoms with Crippen LogP contribution in [0.2, 0.25) is 0 Å². The first-order valence-corrected chi connectivity index (χ1v) is 10.7. The van der Waals surface area contributed by atoms with Crippen LogP contribution in [0, 0.1) is 5.82 Å². The first kappa shape index (κ1) is 19.6. The Labute approximate surface area is 180 Å². The summed E-state index contributed by atoms with van der Waals surface area (Å²) in [4.78, 5) is 34.0. The molecule has 0 atom stereocenters. The number of benzene rings is 1. The van der Waals surface area contributed by atoms with Crippen molar-refractivity contribution in [3.63, 3.8) is 0 Å². The summed E-state index contributed by atoms with van der Waals surface area (Å²) in [6, 6.07) is 9.22. The van der Waals surface area contributed by atoms with E-state index in [0.717, 1.165) is 5.69 Å². The average molecular weight is 439 g/mol. The summed E-state index contributed by atoms with van der Waals surface area (Å²) in [5.41, 5.74) is 1.06. The predicted molar refractivity (Wildman–Crippen MR) is 112 cm³/mol. The molecule has 10 heteroatoms. The molecule has 158 valence electrons. The van der Waals surface area contributed by atoms with Crippen molar-refractivity contribution >= 4 is 22.2 Å². The summed E-state index contributed by atoms with van der Waals surface area (Å²) in [5, 5.41) is 5.67. The highest BCUT2D eigenvalue weighted by atomic mass is 32.1. The van der Waals surface area contributed by atoms with Gasteiger partial charge in [0, 0.05) is 56.4 Å². The lowest BCUT2D eigenvalue weighted by atomic mass is 10.1. The molecule has 5 rings (SSSR count). The maximum absolute atomic E-state index is 13.9. The third kappa shape index (κ3) is 3.87. The molecule has 8 nitrogen and oxygen atoms in total. The molecule has 0 unspecified atom stereocenters. The van der Waals surface area contributed by atoms with Gasteiger partial charge in [0.1, 0.15) is 5.82 Å². The van der Waals surface area contributed by atoms with Gasteiger partial charge in [-0.25, -0.2) is 9.37 Å². The highest BCUT2D eigenvalue weighted by molar-refractivity contribution is 7.15. The van der Waals surface area contributed by atoms with E-state index >= 15 is 0 Å². The standard InChI is InChI=1S/C21H18FN5O3S/c22-16-4-2-1-3-15(16)18-12-17(24-30-18)20(29)26-7-5-25(6-8-26)13-14-11-19(28)27-9-10-31-21(27)23-14/h1-4,9-12H,5-8,13H2. The molecule has 0 aliphatic carbocycles. The lowest BCUT2D eigenvalue weighted by molar-refractivity contribution is 0.0617. The van der Waals surface area contributed by atoms with Gasteiger partial charge in [0.15, 0.2) is 16.4 Å². The van der Waals surface area contributed by atoms with E-state index in [2.05, 4.69) is 15.0 Å². The largest absolute Gasteiger partial charge is 0.355 e. The summed E-state index contributed by atoms with van der Waals surface area (Å²) in [7, 11) is 0. The van der Waals surface area contributed by atoms with E-state index in [-0.39, 0.29) is 28.5 Å². The van der Waals surface area contributed by atoms with Gasteiger partial charge in [0.2, 0.25) is 0 Å². The number of carbonyl (C=O) groups is 1. The van der Waals surface area contributed by atoms with Gasteiger partial charge in [-0.1, -0.05) is 17.3 Å². The van der Waals surface area contributed by atoms with Crippen LogP contribution in [0.1, 0.15) is 16.2 Å². The average Bonchev–Trinajstić information content (AvgIpc) is 3.44. The number of piperazine rings is 1. The van der Waals surface area contributed by atoms with Gasteiger partial charge >= 0.3 is 0 Å². The molecular formula is C21H18FN5O3S. The fourth-order valence-electron chi connectivity index (χ4n) is 3.63. The summed E-state index contributed by atoms with van der Waals surface area (Å²) >= 11 is 1.42. The van der Waals surface area contributed by atoms with Crippen LogP contribution in [-0.2, 0) is 6.54 Å². The van der Waals surface area contributed by atoms with Gasteiger partial charge in [-0.05, 0) is 12.1 Å². The van der Waals surface area contributed by atoms with Crippen LogP contribution in [0.25, 0.3) is 16.3 Å². The molecule has 1 aliphatic rings. The summed E-state index contributed by atoms with van der Waals surface area (Å²) in [6.07, 6.45) is 1.71. The number of carbonyl (C=O) groups excluding carboxylic acids is 1. The van der Waals surface area contributed by atoms with Crippen LogP contribution in [-0.4, -0.2) is 56.4 Å². The molecule has 4 aromatic rings. The third-order valence-corrected chi connectivity index (χ3v) is 6.03. The minimum absolute atomic E-state index is 0.0910. The Morgan fingerprint density at radius 3 is 2.77 bits per heavy atom. The van der Waals surface area contributed by atoms with Crippen molar-refractivity contribution in [1.29, 1.82) is 0 Å². The maximum Gasteiger partial charge on any atom is 0.276 e. The van der Waals surface area contributed by atoms with Crippen LogP contribution in [0.4, 0.5) is 4.39 Å². The van der Waals surface area contributed by atoms with Gasteiger partial charge in [0.05, 0.1) is 11.3 Å². The molecule has 0 bridgehead atoms. The molecule has 1 aliphatic heterocycles. The zero-order valence-corrected chi connectivity index (χ0v) is 17.2. The second kappa shape index (κ2) is 8.05. The number of nitrogens with zero attached hydrogens (tertiary/aromatic N) is 5. The molecule has 0 radical (unpaired) electrons. The Hall–Kier alpha value is -3.37. The van der Waals surface area contributed by atoms with E-state index in [4.69, 9.17) is 4.52 Å². The van der Waals surface area contributed by atoms with Crippen molar-refractivity contribution in [3.05, 3.63) is 75.5 Å². The van der Waals surface area contributed by atoms with Crippen molar-refractivity contribution in [3.8, 4) is 11.3 Å². The molecule has 1 aromatic carbocycles. The van der Waals surface area contributed by atoms with Gasteiger partial charge in [0.25, 0.3) is 11.5 Å². The number of hydrogen-bond donors (Lipinski definition) is 0. The summed E-state index contributed by atoms with van der Waals surface area (Å²) < 4.78 is 20.7. The fraction of sp³-hybridized carbons (Fsp3) is 0.238. The molecule has 1 saturated heterocycles. The Kier molecular flexibility index (Phi) is 5.08. The van der Waals surface area contributed by atoms with Gasteiger partial charge in [-0.15, -0.1) is 11.3 Å². The van der Waals surface area contributed by atoms with E-state index < -0.39 is 5.82 Å². The Bertz CT molecular complexity index is 1310. The van der Waals surface area contributed by atoms with Crippen molar-refractivity contribution in [2.45, 2.75) is 6.54 Å². The van der Waals surface area contributed by atoms with Crippen molar-refractivity contribution in [2.75, 3.05) is 26.2 Å². The minimum atomic E-state index is -0.430. The summed E-state index contributed by atoms with van der Waals surface area (Å²) in [6.45, 7) is 2.87. The molecule has 0 saturated carbocycles. The SMILES string of the molecule is O=C(c1cc(-c2ccccc2F)on1)N1CCN(Cc2cc(=O)n3ccsc3n2)CC1. The normalized spacial score (nSPS) is 14.9. The maximum atomic E-state index is 13.9. The molecule has 0 spiro atoms. The lowest BCUT2D eigenvalue weighted by Crippen LogP contribution is -2.48. The predicted octanol–water partition coefficient (Wildman–Crippen LogP) is 2.51. The lowest BCUT2D eigenvalue weighted by Gasteiger charge is -2.34. The zero-order chi connectivity index (χ0) is 21.4. The number of thiazole rings is 1. The second-order valence-corrected chi connectivity index (χ2v) is 8.14. The third-order valence-electron chi connectivity index (χ3n) is 5.27. The second-order valence-electron chi connectivity index (χ2n) is 7.27. The van der Waals surface area contributed by atoms with Gasteiger partial charge in [-0.2, -0.15) is 0 Å². The smallest absolute Gasteiger partial charge is 0.276 e. The van der Waals surface area contributed by atoms with Crippen LogP contribution in [0.5, 0.6) is 0 Å². The molecular weight excluding hydrogens is 421 g/mol. The van der Waals surface area contributed by atoms with Crippen molar-refractivity contribution in [2.24, 2.45) is 0 Å².